The molecule has 0 fully saturated rings. The molecule has 5 aromatic rings. The van der Waals surface area contributed by atoms with Gasteiger partial charge in [-0.2, -0.15) is 0 Å². The van der Waals surface area contributed by atoms with Crippen LogP contribution in [0.1, 0.15) is 27.0 Å². The van der Waals surface area contributed by atoms with Crippen molar-refractivity contribution in [3.63, 3.8) is 0 Å². The van der Waals surface area contributed by atoms with Crippen molar-refractivity contribution in [2.75, 3.05) is 17.3 Å². The van der Waals surface area contributed by atoms with Crippen LogP contribution in [-0.2, 0) is 6.54 Å². The lowest BCUT2D eigenvalue weighted by Gasteiger charge is -2.17. The van der Waals surface area contributed by atoms with E-state index in [-0.39, 0.29) is 18.4 Å². The van der Waals surface area contributed by atoms with E-state index in [0.29, 0.717) is 33.4 Å². The van der Waals surface area contributed by atoms with Crippen LogP contribution in [0.3, 0.4) is 0 Å². The van der Waals surface area contributed by atoms with Gasteiger partial charge in [0.05, 0.1) is 39.6 Å². The maximum absolute atomic E-state index is 13.0. The number of hydrogen-bond acceptors (Lipinski definition) is 7. The van der Waals surface area contributed by atoms with Crippen molar-refractivity contribution in [3.05, 3.63) is 83.7 Å². The number of benzene rings is 2. The van der Waals surface area contributed by atoms with Crippen LogP contribution in [0.5, 0.6) is 0 Å². The standard InChI is InChI=1S/C26H23N5O4S/c1-16(32)14-31-20-9-8-18(30(2)25(34)17-6-4-3-5-7-17)12-19(20)28-26(31)29-24(33)23-11-10-22(36-23)21-13-27-15-35-21/h3-13,15-16,32H,14H2,1-2H3,(H,28,29,33)/t16-/m1/s1. The number of nitrogens with one attached hydrogen (secondary N) is 1. The number of amides is 2. The highest BCUT2D eigenvalue weighted by Gasteiger charge is 2.20. The van der Waals surface area contributed by atoms with E-state index >= 15 is 0 Å². The third-order valence-electron chi connectivity index (χ3n) is 5.62. The van der Waals surface area contributed by atoms with E-state index in [1.54, 1.807) is 60.0 Å². The fraction of sp³-hybridized carbons (Fsp3) is 0.154. The van der Waals surface area contributed by atoms with Crippen LogP contribution < -0.4 is 10.2 Å². The molecule has 9 nitrogen and oxygen atoms in total. The second kappa shape index (κ2) is 9.76. The third kappa shape index (κ3) is 4.64. The van der Waals surface area contributed by atoms with E-state index in [1.807, 2.05) is 30.3 Å². The summed E-state index contributed by atoms with van der Waals surface area (Å²) in [6.07, 6.45) is 2.26. The smallest absolute Gasteiger partial charge is 0.268 e. The Kier molecular flexibility index (Phi) is 6.36. The molecule has 0 saturated carbocycles. The van der Waals surface area contributed by atoms with Gasteiger partial charge in [-0.05, 0) is 49.4 Å². The van der Waals surface area contributed by atoms with Crippen LogP contribution >= 0.6 is 11.3 Å². The molecule has 10 heteroatoms. The number of rotatable bonds is 7. The molecule has 182 valence electrons. The quantitative estimate of drug-likeness (QED) is 0.335. The lowest BCUT2D eigenvalue weighted by molar-refractivity contribution is 0.0991. The normalized spacial score (nSPS) is 12.0. The molecule has 3 aromatic heterocycles. The summed E-state index contributed by atoms with van der Waals surface area (Å²) in [6.45, 7) is 1.90. The number of carbonyl (C=O) groups excluding carboxylic acids is 2. The molecule has 1 atom stereocenters. The Morgan fingerprint density at radius 2 is 1.97 bits per heavy atom. The average Bonchev–Trinajstić information content (AvgIpc) is 3.64. The summed E-state index contributed by atoms with van der Waals surface area (Å²) in [7, 11) is 1.70. The zero-order valence-electron chi connectivity index (χ0n) is 19.6. The predicted octanol–water partition coefficient (Wildman–Crippen LogP) is 4.66. The number of nitrogens with zero attached hydrogens (tertiary/aromatic N) is 4. The predicted molar refractivity (Wildman–Crippen MR) is 138 cm³/mol. The van der Waals surface area contributed by atoms with Crippen LogP contribution in [0.4, 0.5) is 11.6 Å². The van der Waals surface area contributed by atoms with Crippen molar-refractivity contribution < 1.29 is 19.1 Å². The Bertz CT molecular complexity index is 1520. The van der Waals surface area contributed by atoms with Crippen molar-refractivity contribution in [2.45, 2.75) is 19.6 Å². The van der Waals surface area contributed by atoms with Gasteiger partial charge in [-0.25, -0.2) is 9.97 Å². The molecule has 2 aromatic carbocycles. The number of anilines is 2. The summed E-state index contributed by atoms with van der Waals surface area (Å²) in [6, 6.07) is 18.0. The van der Waals surface area contributed by atoms with Gasteiger partial charge >= 0.3 is 0 Å². The van der Waals surface area contributed by atoms with E-state index in [0.717, 1.165) is 10.4 Å². The number of aliphatic hydroxyl groups is 1. The van der Waals surface area contributed by atoms with Gasteiger partial charge in [0, 0.05) is 18.3 Å². The van der Waals surface area contributed by atoms with Crippen LogP contribution in [-0.4, -0.2) is 44.6 Å². The number of aromatic nitrogens is 3. The zero-order chi connectivity index (χ0) is 25.2. The van der Waals surface area contributed by atoms with Gasteiger partial charge < -0.3 is 19.0 Å². The fourth-order valence-electron chi connectivity index (χ4n) is 3.86. The van der Waals surface area contributed by atoms with Crippen molar-refractivity contribution in [2.24, 2.45) is 0 Å². The Balaban J connectivity index is 1.44. The lowest BCUT2D eigenvalue weighted by Crippen LogP contribution is -2.26. The largest absolute Gasteiger partial charge is 0.443 e. The van der Waals surface area contributed by atoms with E-state index < -0.39 is 6.10 Å². The summed E-state index contributed by atoms with van der Waals surface area (Å²) in [5.41, 5.74) is 2.55. The maximum atomic E-state index is 13.0. The molecule has 0 spiro atoms. The molecule has 0 bridgehead atoms. The summed E-state index contributed by atoms with van der Waals surface area (Å²) in [5.74, 6) is 0.415. The first-order valence-electron chi connectivity index (χ1n) is 11.2. The van der Waals surface area contributed by atoms with Crippen LogP contribution in [0, 0.1) is 0 Å². The van der Waals surface area contributed by atoms with Crippen molar-refractivity contribution in [1.29, 1.82) is 0 Å². The number of fused-ring (bicyclic) bond motifs is 1. The first kappa shape index (κ1) is 23.5. The number of hydrogen-bond donors (Lipinski definition) is 2. The number of carbonyl (C=O) groups is 2. The van der Waals surface area contributed by atoms with Gasteiger partial charge in [-0.3, -0.25) is 14.9 Å². The first-order chi connectivity index (χ1) is 17.4. The van der Waals surface area contributed by atoms with Gasteiger partial charge in [0.25, 0.3) is 11.8 Å². The van der Waals surface area contributed by atoms with E-state index in [9.17, 15) is 14.7 Å². The summed E-state index contributed by atoms with van der Waals surface area (Å²) in [5, 5.41) is 12.9. The van der Waals surface area contributed by atoms with Gasteiger partial charge in [-0.15, -0.1) is 11.3 Å². The molecule has 36 heavy (non-hydrogen) atoms. The van der Waals surface area contributed by atoms with Crippen LogP contribution in [0.15, 0.2) is 77.7 Å². The van der Waals surface area contributed by atoms with Crippen molar-refractivity contribution in [3.8, 4) is 10.6 Å². The monoisotopic (exact) mass is 501 g/mol. The number of oxazole rings is 1. The van der Waals surface area contributed by atoms with E-state index in [1.165, 1.54) is 17.7 Å². The number of imidazole rings is 1. The molecule has 0 unspecified atom stereocenters. The minimum atomic E-state index is -0.667. The van der Waals surface area contributed by atoms with Gasteiger partial charge in [0.15, 0.2) is 12.2 Å². The molecular formula is C26H23N5O4S. The summed E-state index contributed by atoms with van der Waals surface area (Å²) >= 11 is 1.28. The molecule has 0 aliphatic heterocycles. The van der Waals surface area contributed by atoms with E-state index in [4.69, 9.17) is 4.42 Å². The van der Waals surface area contributed by atoms with Crippen LogP contribution in [0.2, 0.25) is 0 Å². The Labute approximate surface area is 210 Å². The average molecular weight is 502 g/mol. The second-order valence-electron chi connectivity index (χ2n) is 8.28. The molecule has 5 rings (SSSR count). The van der Waals surface area contributed by atoms with E-state index in [2.05, 4.69) is 15.3 Å². The molecular weight excluding hydrogens is 478 g/mol. The van der Waals surface area contributed by atoms with Crippen LogP contribution in [0.25, 0.3) is 21.7 Å². The second-order valence-corrected chi connectivity index (χ2v) is 9.37. The fourth-order valence-corrected chi connectivity index (χ4v) is 4.71. The van der Waals surface area contributed by atoms with Gasteiger partial charge in [0.1, 0.15) is 0 Å². The SMILES string of the molecule is C[C@@H](O)Cn1c(NC(=O)c2ccc(-c3cnco3)s2)nc2cc(N(C)C(=O)c3ccccc3)ccc21. The molecule has 0 saturated heterocycles. The van der Waals surface area contributed by atoms with Gasteiger partial charge in [0.2, 0.25) is 5.95 Å². The molecule has 0 radical (unpaired) electrons. The number of thiophene rings is 1. The highest BCUT2D eigenvalue weighted by Crippen LogP contribution is 2.30. The third-order valence-corrected chi connectivity index (χ3v) is 6.72. The van der Waals surface area contributed by atoms with Crippen molar-refractivity contribution in [1.82, 2.24) is 14.5 Å². The minimum Gasteiger partial charge on any atom is -0.443 e. The Hall–Kier alpha value is -4.28. The molecule has 2 amide bonds. The molecule has 3 heterocycles. The molecule has 0 aliphatic rings. The summed E-state index contributed by atoms with van der Waals surface area (Å²) in [4.78, 5) is 37.3. The van der Waals surface area contributed by atoms with Crippen molar-refractivity contribution >= 4 is 45.8 Å². The zero-order valence-corrected chi connectivity index (χ0v) is 20.4. The topological polar surface area (TPSA) is 113 Å². The maximum Gasteiger partial charge on any atom is 0.268 e. The van der Waals surface area contributed by atoms with Gasteiger partial charge in [-0.1, -0.05) is 18.2 Å². The molecule has 0 aliphatic carbocycles. The highest BCUT2D eigenvalue weighted by atomic mass is 32.1. The number of aliphatic hydroxyl groups excluding tert-OH is 1. The summed E-state index contributed by atoms with van der Waals surface area (Å²) < 4.78 is 7.06. The Morgan fingerprint density at radius 1 is 1.17 bits per heavy atom. The lowest BCUT2D eigenvalue weighted by atomic mass is 10.2. The Morgan fingerprint density at radius 3 is 2.69 bits per heavy atom. The first-order valence-corrected chi connectivity index (χ1v) is 12.0. The molecule has 2 N–H and O–H groups in total. The minimum absolute atomic E-state index is 0.146. The highest BCUT2D eigenvalue weighted by molar-refractivity contribution is 7.17.